The number of rotatable bonds is 8. The number of sulfone groups is 1. The van der Waals surface area contributed by atoms with Crippen molar-refractivity contribution in [2.45, 2.75) is 36.3 Å². The first-order chi connectivity index (χ1) is 9.87. The minimum Gasteiger partial charge on any atom is -0.330 e. The lowest BCUT2D eigenvalue weighted by atomic mass is 10.2. The Labute approximate surface area is 122 Å². The van der Waals surface area contributed by atoms with E-state index < -0.39 is 20.5 Å². The number of hydrogen-bond donors (Lipinski definition) is 2. The first-order valence-electron chi connectivity index (χ1n) is 6.50. The van der Waals surface area contributed by atoms with Crippen LogP contribution in [0.3, 0.4) is 0 Å². The van der Waals surface area contributed by atoms with E-state index in [0.29, 0.717) is 25.1 Å². The van der Waals surface area contributed by atoms with Gasteiger partial charge >= 0.3 is 5.76 Å². The molecule has 0 radical (unpaired) electrons. The normalized spacial score (nSPS) is 11.6. The van der Waals surface area contributed by atoms with Gasteiger partial charge in [0.1, 0.15) is 0 Å². The predicted octanol–water partition coefficient (Wildman–Crippen LogP) is 2.14. The summed E-state index contributed by atoms with van der Waals surface area (Å²) >= 11 is 0. The maximum atomic E-state index is 12.3. The van der Waals surface area contributed by atoms with Crippen LogP contribution < -0.4 is 11.1 Å². The van der Waals surface area contributed by atoms with Crippen LogP contribution in [0.1, 0.15) is 25.7 Å². The molecule has 3 N–H and O–H groups in total. The second kappa shape index (κ2) is 8.04. The van der Waals surface area contributed by atoms with Crippen LogP contribution in [0.5, 0.6) is 0 Å². The van der Waals surface area contributed by atoms with E-state index >= 15 is 0 Å². The lowest BCUT2D eigenvalue weighted by Gasteiger charge is -2.07. The summed E-state index contributed by atoms with van der Waals surface area (Å²) in [7, 11) is -4.60. The highest BCUT2D eigenvalue weighted by atomic mass is 32.2. The van der Waals surface area contributed by atoms with Crippen molar-refractivity contribution >= 4 is 21.4 Å². The summed E-state index contributed by atoms with van der Waals surface area (Å²) < 4.78 is 47.1. The number of nitrogens with one attached hydrogen (secondary N) is 1. The number of nitrogens with two attached hydrogens (primary N) is 1. The molecule has 0 aliphatic heterocycles. The summed E-state index contributed by atoms with van der Waals surface area (Å²) in [5.74, 6) is -3.67. The molecule has 1 aromatic rings. The van der Waals surface area contributed by atoms with Crippen molar-refractivity contribution in [3.63, 3.8) is 0 Å². The Morgan fingerprint density at radius 2 is 1.76 bits per heavy atom. The quantitative estimate of drug-likeness (QED) is 0.718. The molecule has 1 aromatic carbocycles. The molecular formula is C13H18F2N2O3S. The van der Waals surface area contributed by atoms with E-state index in [4.69, 9.17) is 5.73 Å². The molecule has 0 atom stereocenters. The van der Waals surface area contributed by atoms with Crippen molar-refractivity contribution < 1.29 is 22.0 Å². The molecular weight excluding hydrogens is 302 g/mol. The number of anilines is 1. The molecule has 0 fully saturated rings. The maximum Gasteiger partial charge on any atom is 0.341 e. The largest absolute Gasteiger partial charge is 0.341 e. The van der Waals surface area contributed by atoms with Gasteiger partial charge < -0.3 is 11.1 Å². The van der Waals surface area contributed by atoms with E-state index in [-0.39, 0.29) is 5.91 Å². The molecule has 0 bridgehead atoms. The molecule has 0 aromatic heterocycles. The van der Waals surface area contributed by atoms with Crippen LogP contribution in [-0.2, 0) is 14.6 Å². The third-order valence-electron chi connectivity index (χ3n) is 2.81. The van der Waals surface area contributed by atoms with E-state index in [2.05, 4.69) is 5.32 Å². The number of benzene rings is 1. The van der Waals surface area contributed by atoms with Gasteiger partial charge in [-0.05, 0) is 43.7 Å². The number of hydrogen-bond acceptors (Lipinski definition) is 4. The number of alkyl halides is 2. The highest BCUT2D eigenvalue weighted by Crippen LogP contribution is 2.20. The topological polar surface area (TPSA) is 89.3 Å². The Bertz CT molecular complexity index is 559. The first kappa shape index (κ1) is 17.5. The number of carbonyl (C=O) groups is 1. The Balaban J connectivity index is 2.57. The van der Waals surface area contributed by atoms with E-state index in [1.807, 2.05) is 0 Å². The molecule has 5 nitrogen and oxygen atoms in total. The Morgan fingerprint density at radius 3 is 2.29 bits per heavy atom. The van der Waals surface area contributed by atoms with Crippen LogP contribution in [0.25, 0.3) is 0 Å². The fourth-order valence-electron chi connectivity index (χ4n) is 1.66. The molecule has 21 heavy (non-hydrogen) atoms. The van der Waals surface area contributed by atoms with Crippen LogP contribution in [-0.4, -0.2) is 26.6 Å². The number of unbranched alkanes of at least 4 members (excludes halogenated alkanes) is 2. The van der Waals surface area contributed by atoms with Crippen molar-refractivity contribution in [3.05, 3.63) is 24.3 Å². The molecule has 0 spiro atoms. The van der Waals surface area contributed by atoms with Crippen molar-refractivity contribution in [2.24, 2.45) is 5.73 Å². The maximum absolute atomic E-state index is 12.3. The van der Waals surface area contributed by atoms with Crippen LogP contribution in [0.15, 0.2) is 29.2 Å². The van der Waals surface area contributed by atoms with Crippen LogP contribution in [0, 0.1) is 0 Å². The van der Waals surface area contributed by atoms with Gasteiger partial charge in [-0.3, -0.25) is 4.79 Å². The highest BCUT2D eigenvalue weighted by molar-refractivity contribution is 7.91. The van der Waals surface area contributed by atoms with Gasteiger partial charge in [-0.25, -0.2) is 8.42 Å². The summed E-state index contributed by atoms with van der Waals surface area (Å²) in [4.78, 5) is 11.1. The molecule has 118 valence electrons. The second-order valence-electron chi connectivity index (χ2n) is 4.48. The van der Waals surface area contributed by atoms with Gasteiger partial charge in [0.25, 0.3) is 0 Å². The molecule has 0 saturated carbocycles. The van der Waals surface area contributed by atoms with Gasteiger partial charge in [-0.1, -0.05) is 6.42 Å². The van der Waals surface area contributed by atoms with Gasteiger partial charge in [0.2, 0.25) is 15.7 Å². The summed E-state index contributed by atoms with van der Waals surface area (Å²) in [5.41, 5.74) is 5.70. The highest BCUT2D eigenvalue weighted by Gasteiger charge is 2.26. The standard InChI is InChI=1S/C13H18F2N2O3S/c14-13(15)21(19,20)11-7-5-10(6-8-11)17-12(18)4-2-1-3-9-16/h5-8,13H,1-4,9,16H2,(H,17,18). The van der Waals surface area contributed by atoms with Gasteiger partial charge in [0.15, 0.2) is 0 Å². The van der Waals surface area contributed by atoms with Crippen LogP contribution in [0.2, 0.25) is 0 Å². The lowest BCUT2D eigenvalue weighted by molar-refractivity contribution is -0.116. The molecule has 0 unspecified atom stereocenters. The predicted molar refractivity (Wildman–Crippen MR) is 75.8 cm³/mol. The fourth-order valence-corrected chi connectivity index (χ4v) is 2.38. The van der Waals surface area contributed by atoms with Crippen LogP contribution in [0.4, 0.5) is 14.5 Å². The van der Waals surface area contributed by atoms with Crippen LogP contribution >= 0.6 is 0 Å². The average molecular weight is 320 g/mol. The minimum absolute atomic E-state index is 0.212. The zero-order valence-corrected chi connectivity index (χ0v) is 12.2. The minimum atomic E-state index is -4.60. The molecule has 1 amide bonds. The zero-order chi connectivity index (χ0) is 15.9. The fraction of sp³-hybridized carbons (Fsp3) is 0.462. The van der Waals surface area contributed by atoms with Crippen molar-refractivity contribution in [1.29, 1.82) is 0 Å². The molecule has 0 aliphatic rings. The number of carbonyl (C=O) groups excluding carboxylic acids is 1. The Morgan fingerprint density at radius 1 is 1.14 bits per heavy atom. The monoisotopic (exact) mass is 320 g/mol. The zero-order valence-electron chi connectivity index (χ0n) is 11.4. The SMILES string of the molecule is NCCCCCC(=O)Nc1ccc(S(=O)(=O)C(F)F)cc1. The first-order valence-corrected chi connectivity index (χ1v) is 8.04. The third kappa shape index (κ3) is 5.39. The van der Waals surface area contributed by atoms with Gasteiger partial charge in [-0.15, -0.1) is 0 Å². The van der Waals surface area contributed by atoms with E-state index in [9.17, 15) is 22.0 Å². The smallest absolute Gasteiger partial charge is 0.330 e. The van der Waals surface area contributed by atoms with Crippen molar-refractivity contribution in [2.75, 3.05) is 11.9 Å². The summed E-state index contributed by atoms with van der Waals surface area (Å²) in [5, 5.41) is 2.57. The van der Waals surface area contributed by atoms with Gasteiger partial charge in [-0.2, -0.15) is 8.78 Å². The summed E-state index contributed by atoms with van der Waals surface area (Å²) in [6.07, 6.45) is 2.75. The Hall–Kier alpha value is -1.54. The molecule has 8 heteroatoms. The van der Waals surface area contributed by atoms with Gasteiger partial charge in [0, 0.05) is 12.1 Å². The van der Waals surface area contributed by atoms with Crippen molar-refractivity contribution in [1.82, 2.24) is 0 Å². The van der Waals surface area contributed by atoms with Crippen molar-refractivity contribution in [3.8, 4) is 0 Å². The average Bonchev–Trinajstić information content (AvgIpc) is 2.44. The number of amides is 1. The van der Waals surface area contributed by atoms with E-state index in [1.54, 1.807) is 0 Å². The summed E-state index contributed by atoms with van der Waals surface area (Å²) in [6.45, 7) is 0.585. The molecule has 0 saturated heterocycles. The van der Waals surface area contributed by atoms with E-state index in [1.165, 1.54) is 12.1 Å². The van der Waals surface area contributed by atoms with E-state index in [0.717, 1.165) is 25.0 Å². The molecule has 0 heterocycles. The third-order valence-corrected chi connectivity index (χ3v) is 4.21. The molecule has 0 aliphatic carbocycles. The summed E-state index contributed by atoms with van der Waals surface area (Å²) in [6, 6.07) is 4.66. The van der Waals surface area contributed by atoms with Gasteiger partial charge in [0.05, 0.1) is 4.90 Å². The Kier molecular flexibility index (Phi) is 6.70. The molecule has 1 rings (SSSR count). The second-order valence-corrected chi connectivity index (χ2v) is 6.40. The number of halogens is 2. The lowest BCUT2D eigenvalue weighted by Crippen LogP contribution is -2.13.